The largest absolute Gasteiger partial charge is 0.467 e. The standard InChI is InChI=1S/C21H21Cl2FN2O4/c1-12(27)25-18(10-13-6-8-14(24)9-7-13)20(28)26-19(21(29)30-2)11-15-16(22)4-3-5-17(15)23/h3-9,18-19H,10-11H2,1-2H3,(H,25,27)(H,26,28)/t18-,19-/m0/s1. The van der Waals surface area contributed by atoms with E-state index in [1.807, 2.05) is 0 Å². The maximum Gasteiger partial charge on any atom is 0.328 e. The Morgan fingerprint density at radius 3 is 2.10 bits per heavy atom. The molecule has 0 spiro atoms. The Hall–Kier alpha value is -2.64. The topological polar surface area (TPSA) is 84.5 Å². The van der Waals surface area contributed by atoms with Crippen molar-refractivity contribution in [2.45, 2.75) is 31.8 Å². The average molecular weight is 455 g/mol. The highest BCUT2D eigenvalue weighted by atomic mass is 35.5. The predicted molar refractivity (Wildman–Crippen MR) is 112 cm³/mol. The van der Waals surface area contributed by atoms with Gasteiger partial charge in [0.2, 0.25) is 11.8 Å². The van der Waals surface area contributed by atoms with Gasteiger partial charge in [0.05, 0.1) is 7.11 Å². The number of hydrogen-bond donors (Lipinski definition) is 2. The van der Waals surface area contributed by atoms with Gasteiger partial charge in [0.25, 0.3) is 0 Å². The lowest BCUT2D eigenvalue weighted by Crippen LogP contribution is -2.53. The van der Waals surface area contributed by atoms with Gasteiger partial charge in [-0.15, -0.1) is 0 Å². The number of carbonyl (C=O) groups excluding carboxylic acids is 3. The van der Waals surface area contributed by atoms with Gasteiger partial charge in [-0.2, -0.15) is 0 Å². The van der Waals surface area contributed by atoms with Crippen molar-refractivity contribution >= 4 is 41.0 Å². The zero-order valence-corrected chi connectivity index (χ0v) is 17.9. The Labute approximate surface area is 183 Å². The molecule has 0 heterocycles. The van der Waals surface area contributed by atoms with Gasteiger partial charge >= 0.3 is 5.97 Å². The molecular weight excluding hydrogens is 434 g/mol. The second kappa shape index (κ2) is 10.9. The summed E-state index contributed by atoms with van der Waals surface area (Å²) in [4.78, 5) is 36.7. The van der Waals surface area contributed by atoms with E-state index in [-0.39, 0.29) is 12.8 Å². The quantitative estimate of drug-likeness (QED) is 0.600. The molecule has 2 aromatic rings. The summed E-state index contributed by atoms with van der Waals surface area (Å²) in [6, 6.07) is 8.38. The van der Waals surface area contributed by atoms with Gasteiger partial charge in [-0.25, -0.2) is 9.18 Å². The molecule has 0 aliphatic carbocycles. The first kappa shape index (κ1) is 23.6. The van der Waals surface area contributed by atoms with E-state index in [4.69, 9.17) is 27.9 Å². The van der Waals surface area contributed by atoms with Crippen molar-refractivity contribution in [3.05, 3.63) is 69.5 Å². The molecule has 2 atom stereocenters. The van der Waals surface area contributed by atoms with Crippen LogP contribution in [0.2, 0.25) is 10.0 Å². The summed E-state index contributed by atoms with van der Waals surface area (Å²) >= 11 is 12.3. The van der Waals surface area contributed by atoms with Gasteiger partial charge in [0.15, 0.2) is 0 Å². The summed E-state index contributed by atoms with van der Waals surface area (Å²) in [5.74, 6) is -2.14. The van der Waals surface area contributed by atoms with E-state index in [9.17, 15) is 18.8 Å². The SMILES string of the molecule is COC(=O)[C@H](Cc1c(Cl)cccc1Cl)NC(=O)[C@H](Cc1ccc(F)cc1)NC(C)=O. The Balaban J connectivity index is 2.22. The molecule has 0 unspecified atom stereocenters. The van der Waals surface area contributed by atoms with Crippen molar-refractivity contribution in [3.8, 4) is 0 Å². The maximum atomic E-state index is 13.1. The lowest BCUT2D eigenvalue weighted by atomic mass is 10.0. The van der Waals surface area contributed by atoms with Crippen LogP contribution >= 0.6 is 23.2 Å². The molecule has 0 bridgehead atoms. The second-order valence-corrected chi connectivity index (χ2v) is 7.39. The molecule has 0 radical (unpaired) electrons. The van der Waals surface area contributed by atoms with Crippen LogP contribution in [0.3, 0.4) is 0 Å². The molecule has 0 saturated heterocycles. The minimum absolute atomic E-state index is 0.000258. The third kappa shape index (κ3) is 6.71. The highest BCUT2D eigenvalue weighted by Gasteiger charge is 2.28. The number of benzene rings is 2. The molecule has 0 fully saturated rings. The van der Waals surface area contributed by atoms with Gasteiger partial charge in [0.1, 0.15) is 17.9 Å². The first-order chi connectivity index (χ1) is 14.2. The number of rotatable bonds is 8. The molecular formula is C21H21Cl2FN2O4. The zero-order chi connectivity index (χ0) is 22.3. The average Bonchev–Trinajstić information content (AvgIpc) is 2.70. The van der Waals surface area contributed by atoms with Crippen LogP contribution < -0.4 is 10.6 Å². The molecule has 2 N–H and O–H groups in total. The molecule has 2 aromatic carbocycles. The van der Waals surface area contributed by atoms with E-state index in [1.165, 1.54) is 38.3 Å². The van der Waals surface area contributed by atoms with Gasteiger partial charge < -0.3 is 15.4 Å². The van der Waals surface area contributed by atoms with Crippen LogP contribution in [-0.2, 0) is 32.0 Å². The van der Waals surface area contributed by atoms with Crippen LogP contribution in [0.15, 0.2) is 42.5 Å². The summed E-state index contributed by atoms with van der Waals surface area (Å²) in [5.41, 5.74) is 1.11. The van der Waals surface area contributed by atoms with Crippen LogP contribution in [0.25, 0.3) is 0 Å². The van der Waals surface area contributed by atoms with Gasteiger partial charge in [-0.3, -0.25) is 9.59 Å². The summed E-state index contributed by atoms with van der Waals surface area (Å²) < 4.78 is 17.9. The Morgan fingerprint density at radius 2 is 1.57 bits per heavy atom. The third-order valence-electron chi connectivity index (χ3n) is 4.32. The predicted octanol–water partition coefficient (Wildman–Crippen LogP) is 3.08. The molecule has 2 amide bonds. The highest BCUT2D eigenvalue weighted by molar-refractivity contribution is 6.36. The van der Waals surface area contributed by atoms with Crippen LogP contribution in [0.4, 0.5) is 4.39 Å². The number of hydrogen-bond acceptors (Lipinski definition) is 4. The van der Waals surface area contributed by atoms with Crippen molar-refractivity contribution in [1.82, 2.24) is 10.6 Å². The molecule has 0 aliphatic rings. The van der Waals surface area contributed by atoms with Crippen molar-refractivity contribution in [1.29, 1.82) is 0 Å². The fourth-order valence-electron chi connectivity index (χ4n) is 2.85. The van der Waals surface area contributed by atoms with E-state index in [0.29, 0.717) is 21.2 Å². The van der Waals surface area contributed by atoms with Crippen LogP contribution in [-0.4, -0.2) is 37.0 Å². The number of ether oxygens (including phenoxy) is 1. The minimum Gasteiger partial charge on any atom is -0.467 e. The number of esters is 1. The van der Waals surface area contributed by atoms with Crippen LogP contribution in [0, 0.1) is 5.82 Å². The van der Waals surface area contributed by atoms with Crippen LogP contribution in [0.1, 0.15) is 18.1 Å². The summed E-state index contributed by atoms with van der Waals surface area (Å²) in [5, 5.41) is 5.82. The summed E-state index contributed by atoms with van der Waals surface area (Å²) in [7, 11) is 1.19. The van der Waals surface area contributed by atoms with Crippen molar-refractivity contribution in [2.24, 2.45) is 0 Å². The van der Waals surface area contributed by atoms with E-state index in [0.717, 1.165) is 0 Å². The number of carbonyl (C=O) groups is 3. The smallest absolute Gasteiger partial charge is 0.328 e. The zero-order valence-electron chi connectivity index (χ0n) is 16.4. The summed E-state index contributed by atoms with van der Waals surface area (Å²) in [6.07, 6.45) is 0.104. The fourth-order valence-corrected chi connectivity index (χ4v) is 3.40. The molecule has 0 aromatic heterocycles. The first-order valence-corrected chi connectivity index (χ1v) is 9.79. The minimum atomic E-state index is -1.08. The van der Waals surface area contributed by atoms with Gasteiger partial charge in [0, 0.05) is 29.8 Å². The number of nitrogens with one attached hydrogen (secondary N) is 2. The molecule has 160 valence electrons. The fraction of sp³-hybridized carbons (Fsp3) is 0.286. The Kier molecular flexibility index (Phi) is 8.62. The first-order valence-electron chi connectivity index (χ1n) is 9.04. The van der Waals surface area contributed by atoms with Gasteiger partial charge in [-0.1, -0.05) is 41.4 Å². The van der Waals surface area contributed by atoms with E-state index in [2.05, 4.69) is 10.6 Å². The van der Waals surface area contributed by atoms with Crippen molar-refractivity contribution in [2.75, 3.05) is 7.11 Å². The number of methoxy groups -OCH3 is 1. The maximum absolute atomic E-state index is 13.1. The van der Waals surface area contributed by atoms with Crippen molar-refractivity contribution < 1.29 is 23.5 Å². The number of amides is 2. The number of halogens is 3. The lowest BCUT2D eigenvalue weighted by molar-refractivity contribution is -0.145. The molecule has 6 nitrogen and oxygen atoms in total. The third-order valence-corrected chi connectivity index (χ3v) is 5.03. The normalized spacial score (nSPS) is 12.6. The van der Waals surface area contributed by atoms with Gasteiger partial charge in [-0.05, 0) is 35.4 Å². The van der Waals surface area contributed by atoms with Crippen molar-refractivity contribution in [3.63, 3.8) is 0 Å². The van der Waals surface area contributed by atoms with E-state index in [1.54, 1.807) is 18.2 Å². The monoisotopic (exact) mass is 454 g/mol. The molecule has 2 rings (SSSR count). The molecule has 0 saturated carbocycles. The van der Waals surface area contributed by atoms with E-state index < -0.39 is 35.7 Å². The molecule has 30 heavy (non-hydrogen) atoms. The Bertz CT molecular complexity index is 901. The van der Waals surface area contributed by atoms with Crippen LogP contribution in [0.5, 0.6) is 0 Å². The molecule has 9 heteroatoms. The lowest BCUT2D eigenvalue weighted by Gasteiger charge is -2.22. The Morgan fingerprint density at radius 1 is 0.967 bits per heavy atom. The second-order valence-electron chi connectivity index (χ2n) is 6.57. The van der Waals surface area contributed by atoms with E-state index >= 15 is 0 Å². The highest BCUT2D eigenvalue weighted by Crippen LogP contribution is 2.25. The summed E-state index contributed by atoms with van der Waals surface area (Å²) in [6.45, 7) is 1.27. The molecule has 0 aliphatic heterocycles.